The smallest absolute Gasteiger partial charge is 0.0436 e. The van der Waals surface area contributed by atoms with Crippen molar-refractivity contribution in [3.8, 4) is 0 Å². The lowest BCUT2D eigenvalue weighted by Gasteiger charge is -2.20. The normalized spacial score (nSPS) is 19.4. The Morgan fingerprint density at radius 3 is 2.50 bits per heavy atom. The molecule has 0 radical (unpaired) electrons. The van der Waals surface area contributed by atoms with Gasteiger partial charge in [0.25, 0.3) is 0 Å². The van der Waals surface area contributed by atoms with Gasteiger partial charge in [0.1, 0.15) is 0 Å². The molecule has 1 saturated carbocycles. The Morgan fingerprint density at radius 2 is 1.94 bits per heavy atom. The number of rotatable bonds is 6. The summed E-state index contributed by atoms with van der Waals surface area (Å²) in [5.41, 5.74) is 1.79. The Labute approximate surface area is 99.3 Å². The van der Waals surface area contributed by atoms with Crippen LogP contribution in [0.15, 0.2) is 30.3 Å². The Kier molecular flexibility index (Phi) is 3.65. The van der Waals surface area contributed by atoms with E-state index in [1.807, 2.05) is 0 Å². The van der Waals surface area contributed by atoms with Gasteiger partial charge in [-0.3, -0.25) is 0 Å². The van der Waals surface area contributed by atoms with Crippen LogP contribution in [0, 0.1) is 5.92 Å². The first-order valence-electron chi connectivity index (χ1n) is 6.57. The van der Waals surface area contributed by atoms with Gasteiger partial charge in [-0.2, -0.15) is 0 Å². The first-order chi connectivity index (χ1) is 7.77. The molecule has 0 heterocycles. The van der Waals surface area contributed by atoms with Gasteiger partial charge in [0.2, 0.25) is 0 Å². The molecule has 0 saturated heterocycles. The fourth-order valence-electron chi connectivity index (χ4n) is 2.41. The third-order valence-electron chi connectivity index (χ3n) is 3.65. The molecule has 2 rings (SSSR count). The van der Waals surface area contributed by atoms with Gasteiger partial charge in [-0.15, -0.1) is 0 Å². The second-order valence-corrected chi connectivity index (χ2v) is 5.22. The molecule has 16 heavy (non-hydrogen) atoms. The lowest BCUT2D eigenvalue weighted by atomic mass is 10.0. The predicted molar refractivity (Wildman–Crippen MR) is 69.4 cm³/mol. The minimum Gasteiger partial charge on any atom is -0.307 e. The zero-order valence-corrected chi connectivity index (χ0v) is 10.5. The molecule has 1 aromatic carbocycles. The highest BCUT2D eigenvalue weighted by molar-refractivity contribution is 5.29. The van der Waals surface area contributed by atoms with E-state index in [2.05, 4.69) is 49.5 Å². The molecule has 1 nitrogen and oxygen atoms in total. The van der Waals surface area contributed by atoms with Gasteiger partial charge in [0.05, 0.1) is 0 Å². The Hall–Kier alpha value is -0.820. The highest BCUT2D eigenvalue weighted by atomic mass is 15.0. The third kappa shape index (κ3) is 2.65. The summed E-state index contributed by atoms with van der Waals surface area (Å²) in [6.45, 7) is 5.76. The van der Waals surface area contributed by atoms with Crippen LogP contribution in [0.5, 0.6) is 0 Å². The van der Waals surface area contributed by atoms with Crippen molar-refractivity contribution in [3.05, 3.63) is 35.9 Å². The van der Waals surface area contributed by atoms with Crippen molar-refractivity contribution in [2.75, 3.05) is 6.54 Å². The largest absolute Gasteiger partial charge is 0.307 e. The van der Waals surface area contributed by atoms with Crippen LogP contribution < -0.4 is 5.32 Å². The van der Waals surface area contributed by atoms with Crippen molar-refractivity contribution in [2.45, 2.75) is 45.1 Å². The van der Waals surface area contributed by atoms with E-state index in [0.29, 0.717) is 5.54 Å². The third-order valence-corrected chi connectivity index (χ3v) is 3.65. The van der Waals surface area contributed by atoms with Crippen molar-refractivity contribution in [1.82, 2.24) is 5.32 Å². The van der Waals surface area contributed by atoms with Gasteiger partial charge in [-0.1, -0.05) is 50.6 Å². The van der Waals surface area contributed by atoms with E-state index in [0.717, 1.165) is 12.5 Å². The summed E-state index contributed by atoms with van der Waals surface area (Å²) in [4.78, 5) is 0. The van der Waals surface area contributed by atoms with Gasteiger partial charge in [-0.05, 0) is 37.3 Å². The van der Waals surface area contributed by atoms with E-state index < -0.39 is 0 Å². The molecule has 0 aliphatic heterocycles. The van der Waals surface area contributed by atoms with Crippen LogP contribution in [0.1, 0.15) is 45.1 Å². The fraction of sp³-hybridized carbons (Fsp3) is 0.600. The van der Waals surface area contributed by atoms with E-state index in [-0.39, 0.29) is 0 Å². The van der Waals surface area contributed by atoms with Gasteiger partial charge >= 0.3 is 0 Å². The minimum atomic E-state index is 0.323. The Bertz CT molecular complexity index is 313. The van der Waals surface area contributed by atoms with Crippen LogP contribution in [-0.4, -0.2) is 6.54 Å². The second kappa shape index (κ2) is 5.01. The van der Waals surface area contributed by atoms with Crippen LogP contribution in [0.3, 0.4) is 0 Å². The predicted octanol–water partition coefficient (Wildman–Crippen LogP) is 3.70. The van der Waals surface area contributed by atoms with Crippen molar-refractivity contribution >= 4 is 0 Å². The summed E-state index contributed by atoms with van der Waals surface area (Å²) in [6, 6.07) is 10.9. The summed E-state index contributed by atoms with van der Waals surface area (Å²) < 4.78 is 0. The second-order valence-electron chi connectivity index (χ2n) is 5.22. The van der Waals surface area contributed by atoms with Crippen molar-refractivity contribution in [2.24, 2.45) is 5.92 Å². The van der Waals surface area contributed by atoms with E-state index in [1.54, 1.807) is 0 Å². The molecule has 1 aliphatic carbocycles. The number of nitrogens with one attached hydrogen (secondary N) is 1. The number of benzene rings is 1. The number of hydrogen-bond acceptors (Lipinski definition) is 1. The van der Waals surface area contributed by atoms with Crippen LogP contribution in [-0.2, 0) is 5.54 Å². The van der Waals surface area contributed by atoms with Crippen molar-refractivity contribution in [3.63, 3.8) is 0 Å². The van der Waals surface area contributed by atoms with Gasteiger partial charge in [0.15, 0.2) is 0 Å². The summed E-state index contributed by atoms with van der Waals surface area (Å²) in [7, 11) is 0. The standard InChI is InChI=1S/C15H23N/c1-3-7-13(2)12-16-15(10-11-15)14-8-5-4-6-9-14/h4-6,8-9,13,16H,3,7,10-12H2,1-2H3. The molecule has 0 bridgehead atoms. The van der Waals surface area contributed by atoms with Crippen molar-refractivity contribution < 1.29 is 0 Å². The first kappa shape index (κ1) is 11.7. The highest BCUT2D eigenvalue weighted by Gasteiger charge is 2.43. The summed E-state index contributed by atoms with van der Waals surface area (Å²) in [5, 5.41) is 3.77. The molecule has 1 atom stereocenters. The molecule has 1 aliphatic rings. The van der Waals surface area contributed by atoms with E-state index in [1.165, 1.54) is 31.2 Å². The zero-order chi connectivity index (χ0) is 11.4. The quantitative estimate of drug-likeness (QED) is 0.766. The molecule has 1 N–H and O–H groups in total. The first-order valence-corrected chi connectivity index (χ1v) is 6.57. The zero-order valence-electron chi connectivity index (χ0n) is 10.5. The SMILES string of the molecule is CCCC(C)CNC1(c2ccccc2)CC1. The maximum atomic E-state index is 3.77. The summed E-state index contributed by atoms with van der Waals surface area (Å²) in [5.74, 6) is 0.797. The van der Waals surface area contributed by atoms with Gasteiger partial charge in [0, 0.05) is 5.54 Å². The average Bonchev–Trinajstić information content (AvgIpc) is 3.09. The molecular formula is C15H23N. The van der Waals surface area contributed by atoms with Crippen LogP contribution in [0.25, 0.3) is 0 Å². The monoisotopic (exact) mass is 217 g/mol. The lowest BCUT2D eigenvalue weighted by Crippen LogP contribution is -2.32. The van der Waals surface area contributed by atoms with Gasteiger partial charge < -0.3 is 5.32 Å². The molecule has 1 fully saturated rings. The van der Waals surface area contributed by atoms with E-state index >= 15 is 0 Å². The molecule has 0 amide bonds. The minimum absolute atomic E-state index is 0.323. The van der Waals surface area contributed by atoms with Crippen LogP contribution in [0.4, 0.5) is 0 Å². The van der Waals surface area contributed by atoms with E-state index in [9.17, 15) is 0 Å². The molecule has 1 aromatic rings. The Balaban J connectivity index is 1.90. The summed E-state index contributed by atoms with van der Waals surface area (Å²) >= 11 is 0. The highest BCUT2D eigenvalue weighted by Crippen LogP contribution is 2.45. The molecule has 0 aromatic heterocycles. The van der Waals surface area contributed by atoms with Gasteiger partial charge in [-0.25, -0.2) is 0 Å². The molecule has 88 valence electrons. The maximum Gasteiger partial charge on any atom is 0.0436 e. The van der Waals surface area contributed by atoms with Crippen molar-refractivity contribution in [1.29, 1.82) is 0 Å². The molecule has 0 spiro atoms. The maximum absolute atomic E-state index is 3.77. The number of hydrogen-bond donors (Lipinski definition) is 1. The van der Waals surface area contributed by atoms with Crippen LogP contribution in [0.2, 0.25) is 0 Å². The molecule has 1 heteroatoms. The molecule has 1 unspecified atom stereocenters. The lowest BCUT2D eigenvalue weighted by molar-refractivity contribution is 0.420. The molecular weight excluding hydrogens is 194 g/mol. The van der Waals surface area contributed by atoms with Crippen LogP contribution >= 0.6 is 0 Å². The Morgan fingerprint density at radius 1 is 1.25 bits per heavy atom. The van der Waals surface area contributed by atoms with E-state index in [4.69, 9.17) is 0 Å². The average molecular weight is 217 g/mol. The summed E-state index contributed by atoms with van der Waals surface area (Å²) in [6.07, 6.45) is 5.23. The fourth-order valence-corrected chi connectivity index (χ4v) is 2.41. The topological polar surface area (TPSA) is 12.0 Å².